The molecule has 0 radical (unpaired) electrons. The van der Waals surface area contributed by atoms with Gasteiger partial charge >= 0.3 is 29.6 Å². The van der Waals surface area contributed by atoms with Gasteiger partial charge in [-0.1, -0.05) is 65.1 Å². The number of aliphatic carboxylic acids is 1. The first-order valence-corrected chi connectivity index (χ1v) is 13.8. The molecule has 1 unspecified atom stereocenters. The topological polar surface area (TPSA) is 96.9 Å². The van der Waals surface area contributed by atoms with Gasteiger partial charge < -0.3 is 29.4 Å². The maximum Gasteiger partial charge on any atom is 1.00 e. The van der Waals surface area contributed by atoms with E-state index in [1.807, 2.05) is 6.07 Å². The van der Waals surface area contributed by atoms with E-state index >= 15 is 0 Å². The summed E-state index contributed by atoms with van der Waals surface area (Å²) < 4.78 is 17.5. The average Bonchev–Trinajstić information content (AvgIpc) is 2.95. The molecule has 7 nitrogen and oxygen atoms in total. The number of carbonyl (C=O) groups excluding carboxylic acids is 2. The van der Waals surface area contributed by atoms with E-state index in [0.29, 0.717) is 45.8 Å². The normalized spacial score (nSPS) is 15.4. The molecule has 1 atom stereocenters. The molecule has 1 N–H and O–H groups in total. The van der Waals surface area contributed by atoms with Gasteiger partial charge in [0.25, 0.3) is 5.91 Å². The number of carboxylic acids is 1. The van der Waals surface area contributed by atoms with Gasteiger partial charge in [0, 0.05) is 34.1 Å². The number of ether oxygens (including phenoxy) is 3. The van der Waals surface area contributed by atoms with Crippen LogP contribution in [0.3, 0.4) is 0 Å². The summed E-state index contributed by atoms with van der Waals surface area (Å²) in [7, 11) is 0. The fraction of sp³-hybridized carbons (Fsp3) is 0.161. The first-order chi connectivity index (χ1) is 19.7. The van der Waals surface area contributed by atoms with Crippen molar-refractivity contribution >= 4 is 46.7 Å². The van der Waals surface area contributed by atoms with E-state index in [0.717, 1.165) is 5.56 Å². The Bertz CT molecular complexity index is 1620. The average molecular weight is 635 g/mol. The molecule has 5 rings (SSSR count). The van der Waals surface area contributed by atoms with Crippen molar-refractivity contribution in [3.05, 3.63) is 117 Å². The first kappa shape index (κ1) is 32.0. The smallest absolute Gasteiger partial charge is 0.545 e. The van der Waals surface area contributed by atoms with Crippen molar-refractivity contribution < 1.29 is 58.5 Å². The number of fused-ring (bicyclic) bond motifs is 1. The third kappa shape index (κ3) is 7.17. The third-order valence-corrected chi connectivity index (χ3v) is 7.34. The Balaban J connectivity index is 0.00000405. The molecule has 1 aliphatic heterocycles. The maximum absolute atomic E-state index is 12.9. The molecule has 4 aromatic carbocycles. The zero-order valence-electron chi connectivity index (χ0n) is 22.5. The Morgan fingerprint density at radius 1 is 0.905 bits per heavy atom. The number of nitrogens with one attached hydrogen (secondary N) is 1. The van der Waals surface area contributed by atoms with Gasteiger partial charge in [-0.05, 0) is 66.6 Å². The van der Waals surface area contributed by atoms with Crippen molar-refractivity contribution in [1.29, 1.82) is 0 Å². The number of amides is 1. The van der Waals surface area contributed by atoms with Gasteiger partial charge in [-0.2, -0.15) is 0 Å². The zero-order chi connectivity index (χ0) is 29.0. The van der Waals surface area contributed by atoms with Gasteiger partial charge in [0.1, 0.15) is 23.0 Å². The minimum absolute atomic E-state index is 0. The van der Waals surface area contributed by atoms with Crippen LogP contribution in [-0.2, 0) is 16.8 Å². The van der Waals surface area contributed by atoms with Crippen molar-refractivity contribution in [2.24, 2.45) is 0 Å². The van der Waals surface area contributed by atoms with Crippen LogP contribution < -0.4 is 54.2 Å². The number of para-hydroxylation sites is 1. The molecule has 0 saturated carbocycles. The van der Waals surface area contributed by atoms with Crippen LogP contribution in [0.2, 0.25) is 15.1 Å². The predicted octanol–water partition coefficient (Wildman–Crippen LogP) is 3.22. The van der Waals surface area contributed by atoms with Gasteiger partial charge in [0.05, 0.1) is 17.6 Å². The Morgan fingerprint density at radius 2 is 1.69 bits per heavy atom. The van der Waals surface area contributed by atoms with Crippen molar-refractivity contribution in [2.45, 2.75) is 18.4 Å². The van der Waals surface area contributed by atoms with Crippen LogP contribution in [0.25, 0.3) is 0 Å². The number of carboxylic acid groups (broad SMARTS) is 1. The summed E-state index contributed by atoms with van der Waals surface area (Å²) in [4.78, 5) is 25.2. The van der Waals surface area contributed by atoms with Gasteiger partial charge in [-0.15, -0.1) is 0 Å². The summed E-state index contributed by atoms with van der Waals surface area (Å²) in [6.45, 7) is 0.426. The summed E-state index contributed by atoms with van der Waals surface area (Å²) in [5.41, 5.74) is -0.333. The van der Waals surface area contributed by atoms with E-state index in [1.165, 1.54) is 18.2 Å². The van der Waals surface area contributed by atoms with Crippen molar-refractivity contribution in [3.8, 4) is 23.0 Å². The quantitative estimate of drug-likeness (QED) is 0.284. The summed E-state index contributed by atoms with van der Waals surface area (Å²) in [5, 5.41) is 16.3. The maximum atomic E-state index is 12.9. The fourth-order valence-corrected chi connectivity index (χ4v) is 5.10. The molecule has 0 bridgehead atoms. The molecule has 11 heteroatoms. The number of hydrogen-bond acceptors (Lipinski definition) is 6. The van der Waals surface area contributed by atoms with Crippen LogP contribution in [0.4, 0.5) is 0 Å². The number of hydrogen-bond donors (Lipinski definition) is 1. The molecule has 4 aromatic rings. The largest absolute Gasteiger partial charge is 1.00 e. The molecule has 42 heavy (non-hydrogen) atoms. The second kappa shape index (κ2) is 14.0. The minimum atomic E-state index is -1.79. The van der Waals surface area contributed by atoms with E-state index in [-0.39, 0.29) is 64.8 Å². The number of halogens is 3. The van der Waals surface area contributed by atoms with Crippen LogP contribution in [0.1, 0.15) is 27.9 Å². The number of benzene rings is 4. The molecule has 0 aliphatic carbocycles. The molecule has 0 spiro atoms. The van der Waals surface area contributed by atoms with Gasteiger partial charge in [0.2, 0.25) is 0 Å². The standard InChI is InChI=1S/C31H24Cl3NO6.Na/c32-21-4-3-5-23(17-21)40-28-18-22(33)10-8-19(28)12-14-35-29(36)20-9-11-27(25(34)16-20)41-31(30(37)38)13-15-39-26-7-2-1-6-24(26)31;/h1-11,16-18H,12-15H2,(H,35,36)(H,37,38);/q;+1/p-1. The van der Waals surface area contributed by atoms with Crippen LogP contribution in [-0.4, -0.2) is 25.0 Å². The molecule has 0 aromatic heterocycles. The van der Waals surface area contributed by atoms with Gasteiger partial charge in [0.15, 0.2) is 5.60 Å². The molecule has 210 valence electrons. The molecule has 1 heterocycles. The van der Waals surface area contributed by atoms with Crippen molar-refractivity contribution in [2.75, 3.05) is 13.2 Å². The number of rotatable bonds is 9. The summed E-state index contributed by atoms with van der Waals surface area (Å²) >= 11 is 18.7. The van der Waals surface area contributed by atoms with Crippen LogP contribution in [0.15, 0.2) is 84.9 Å². The molecular weight excluding hydrogens is 612 g/mol. The van der Waals surface area contributed by atoms with E-state index < -0.39 is 11.6 Å². The number of carbonyl (C=O) groups is 2. The van der Waals surface area contributed by atoms with E-state index in [1.54, 1.807) is 60.7 Å². The Kier molecular flexibility index (Phi) is 10.7. The summed E-state index contributed by atoms with van der Waals surface area (Å²) in [5.74, 6) is -0.158. The molecule has 1 aliphatic rings. The Morgan fingerprint density at radius 3 is 2.45 bits per heavy atom. The fourth-order valence-electron chi connectivity index (χ4n) is 4.54. The Labute approximate surface area is 279 Å². The molecule has 1 amide bonds. The first-order valence-electron chi connectivity index (χ1n) is 12.7. The van der Waals surface area contributed by atoms with Crippen molar-refractivity contribution in [1.82, 2.24) is 5.32 Å². The molecule has 0 saturated heterocycles. The summed E-state index contributed by atoms with van der Waals surface area (Å²) in [6.07, 6.45) is 0.488. The van der Waals surface area contributed by atoms with Gasteiger partial charge in [-0.25, -0.2) is 0 Å². The van der Waals surface area contributed by atoms with Crippen LogP contribution >= 0.6 is 34.8 Å². The molecule has 0 fully saturated rings. The van der Waals surface area contributed by atoms with Crippen molar-refractivity contribution in [3.63, 3.8) is 0 Å². The Hall–Kier alpha value is -2.91. The predicted molar refractivity (Wildman–Crippen MR) is 154 cm³/mol. The minimum Gasteiger partial charge on any atom is -0.545 e. The van der Waals surface area contributed by atoms with E-state index in [4.69, 9.17) is 49.0 Å². The molecular formula is C31H23Cl3NNaO6. The second-order valence-corrected chi connectivity index (χ2v) is 10.6. The zero-order valence-corrected chi connectivity index (χ0v) is 26.8. The van der Waals surface area contributed by atoms with Gasteiger partial charge in [-0.3, -0.25) is 4.79 Å². The summed E-state index contributed by atoms with van der Waals surface area (Å²) in [6, 6.07) is 23.4. The monoisotopic (exact) mass is 633 g/mol. The van der Waals surface area contributed by atoms with E-state index in [2.05, 4.69) is 5.32 Å². The van der Waals surface area contributed by atoms with Crippen LogP contribution in [0.5, 0.6) is 23.0 Å². The second-order valence-electron chi connectivity index (χ2n) is 9.27. The van der Waals surface area contributed by atoms with Crippen LogP contribution in [0, 0.1) is 0 Å². The SMILES string of the molecule is O=C(NCCc1ccc(Cl)cc1Oc1cccc(Cl)c1)c1ccc(OC2(C(=O)[O-])CCOc3ccccc32)c(Cl)c1.[Na+]. The van der Waals surface area contributed by atoms with E-state index in [9.17, 15) is 14.7 Å². The third-order valence-electron chi connectivity index (χ3n) is 6.57.